The van der Waals surface area contributed by atoms with Crippen LogP contribution in [0, 0.1) is 0 Å². The van der Waals surface area contributed by atoms with Crippen LogP contribution in [0.2, 0.25) is 0 Å². The SMILES string of the molecule is NC(=O)CCC(NC(=O)C1CCCN1C(=O)C(N)CO)C(=O)N1CCCC1C(=O)O. The zero-order valence-corrected chi connectivity index (χ0v) is 16.7. The smallest absolute Gasteiger partial charge is 0.326 e. The summed E-state index contributed by atoms with van der Waals surface area (Å²) in [4.78, 5) is 63.2. The maximum absolute atomic E-state index is 13.0. The lowest BCUT2D eigenvalue weighted by Gasteiger charge is -2.30. The van der Waals surface area contributed by atoms with Gasteiger partial charge in [0, 0.05) is 19.5 Å². The number of primary amides is 1. The van der Waals surface area contributed by atoms with Crippen molar-refractivity contribution in [2.45, 2.75) is 62.7 Å². The minimum absolute atomic E-state index is 0.0838. The number of nitrogens with two attached hydrogens (primary N) is 2. The van der Waals surface area contributed by atoms with E-state index in [4.69, 9.17) is 16.6 Å². The molecule has 12 nitrogen and oxygen atoms in total. The summed E-state index contributed by atoms with van der Waals surface area (Å²) in [5.74, 6) is -3.56. The number of nitrogens with one attached hydrogen (secondary N) is 1. The third-order valence-corrected chi connectivity index (χ3v) is 5.47. The summed E-state index contributed by atoms with van der Waals surface area (Å²) in [5, 5.41) is 21.0. The third-order valence-electron chi connectivity index (χ3n) is 5.47. The van der Waals surface area contributed by atoms with Gasteiger partial charge in [0.25, 0.3) is 0 Å². The highest BCUT2D eigenvalue weighted by atomic mass is 16.4. The third kappa shape index (κ3) is 5.45. The Kier molecular flexibility index (Phi) is 8.12. The van der Waals surface area contributed by atoms with Crippen LogP contribution < -0.4 is 16.8 Å². The molecule has 0 aliphatic carbocycles. The molecule has 0 aromatic heterocycles. The first-order valence-electron chi connectivity index (χ1n) is 9.96. The van der Waals surface area contributed by atoms with Crippen LogP contribution in [0.1, 0.15) is 38.5 Å². The second-order valence-corrected chi connectivity index (χ2v) is 7.57. The van der Waals surface area contributed by atoms with Gasteiger partial charge in [0.05, 0.1) is 6.61 Å². The van der Waals surface area contributed by atoms with E-state index >= 15 is 0 Å². The predicted molar refractivity (Wildman–Crippen MR) is 103 cm³/mol. The topological polar surface area (TPSA) is 196 Å². The Balaban J connectivity index is 2.14. The average Bonchev–Trinajstić information content (AvgIpc) is 3.38. The van der Waals surface area contributed by atoms with E-state index in [0.717, 1.165) is 0 Å². The van der Waals surface area contributed by atoms with Crippen molar-refractivity contribution >= 4 is 29.6 Å². The highest BCUT2D eigenvalue weighted by Gasteiger charge is 2.40. The lowest BCUT2D eigenvalue weighted by Crippen LogP contribution is -2.57. The van der Waals surface area contributed by atoms with Crippen LogP contribution in [-0.4, -0.2) is 93.5 Å². The summed E-state index contributed by atoms with van der Waals surface area (Å²) in [6.45, 7) is -0.0369. The second-order valence-electron chi connectivity index (χ2n) is 7.57. The molecule has 2 aliphatic rings. The largest absolute Gasteiger partial charge is 0.480 e. The maximum atomic E-state index is 13.0. The summed E-state index contributed by atoms with van der Waals surface area (Å²) in [6, 6.07) is -4.15. The molecule has 4 amide bonds. The Bertz CT molecular complexity index is 700. The molecule has 0 aromatic carbocycles. The molecule has 4 unspecified atom stereocenters. The number of hydrogen-bond acceptors (Lipinski definition) is 7. The van der Waals surface area contributed by atoms with E-state index in [-0.39, 0.29) is 25.9 Å². The van der Waals surface area contributed by atoms with Crippen molar-refractivity contribution < 1.29 is 34.2 Å². The van der Waals surface area contributed by atoms with Gasteiger partial charge < -0.3 is 36.8 Å². The molecule has 0 aromatic rings. The van der Waals surface area contributed by atoms with Gasteiger partial charge in [-0.3, -0.25) is 19.2 Å². The number of aliphatic hydroxyl groups excluding tert-OH is 1. The van der Waals surface area contributed by atoms with Crippen molar-refractivity contribution in [3.8, 4) is 0 Å². The summed E-state index contributed by atoms with van der Waals surface area (Å²) in [7, 11) is 0. The zero-order valence-electron chi connectivity index (χ0n) is 16.7. The van der Waals surface area contributed by atoms with E-state index < -0.39 is 60.4 Å². The molecule has 12 heteroatoms. The quantitative estimate of drug-likeness (QED) is 0.258. The van der Waals surface area contributed by atoms with Gasteiger partial charge in [0.2, 0.25) is 23.6 Å². The number of nitrogens with zero attached hydrogens (tertiary/aromatic N) is 2. The fourth-order valence-corrected chi connectivity index (χ4v) is 3.89. The highest BCUT2D eigenvalue weighted by molar-refractivity contribution is 5.94. The molecule has 2 heterocycles. The fourth-order valence-electron chi connectivity index (χ4n) is 3.89. The summed E-state index contributed by atoms with van der Waals surface area (Å²) in [5.41, 5.74) is 10.7. The normalized spacial score (nSPS) is 23.1. The predicted octanol–water partition coefficient (Wildman–Crippen LogP) is -2.88. The second kappa shape index (κ2) is 10.3. The van der Waals surface area contributed by atoms with E-state index in [1.54, 1.807) is 0 Å². The van der Waals surface area contributed by atoms with Gasteiger partial charge in [0.15, 0.2) is 0 Å². The molecule has 4 atom stereocenters. The van der Waals surface area contributed by atoms with Gasteiger partial charge in [-0.25, -0.2) is 4.79 Å². The molecule has 2 rings (SSSR count). The first-order valence-corrected chi connectivity index (χ1v) is 9.96. The minimum Gasteiger partial charge on any atom is -0.480 e. The monoisotopic (exact) mass is 427 g/mol. The molecular weight excluding hydrogens is 398 g/mol. The molecular formula is C18H29N5O7. The Morgan fingerprint density at radius 1 is 1.00 bits per heavy atom. The molecule has 7 N–H and O–H groups in total. The van der Waals surface area contributed by atoms with Gasteiger partial charge in [0.1, 0.15) is 24.2 Å². The van der Waals surface area contributed by atoms with Gasteiger partial charge in [-0.15, -0.1) is 0 Å². The molecule has 168 valence electrons. The average molecular weight is 427 g/mol. The highest BCUT2D eigenvalue weighted by Crippen LogP contribution is 2.21. The van der Waals surface area contributed by atoms with Crippen molar-refractivity contribution in [1.82, 2.24) is 15.1 Å². The van der Waals surface area contributed by atoms with Crippen molar-refractivity contribution in [3.05, 3.63) is 0 Å². The van der Waals surface area contributed by atoms with Crippen LogP contribution in [0.3, 0.4) is 0 Å². The molecule has 2 fully saturated rings. The van der Waals surface area contributed by atoms with Gasteiger partial charge in [-0.2, -0.15) is 0 Å². The number of carboxylic acid groups (broad SMARTS) is 1. The van der Waals surface area contributed by atoms with Gasteiger partial charge in [-0.05, 0) is 32.1 Å². The maximum Gasteiger partial charge on any atom is 0.326 e. The van der Waals surface area contributed by atoms with Crippen LogP contribution in [0.25, 0.3) is 0 Å². The minimum atomic E-state index is -1.15. The van der Waals surface area contributed by atoms with E-state index in [0.29, 0.717) is 25.7 Å². The number of likely N-dealkylation sites (tertiary alicyclic amines) is 2. The number of carbonyl (C=O) groups excluding carboxylic acids is 4. The molecule has 2 saturated heterocycles. The number of aliphatic hydroxyl groups is 1. The van der Waals surface area contributed by atoms with E-state index in [9.17, 15) is 29.1 Å². The molecule has 0 spiro atoms. The standard InChI is InChI=1S/C18H29N5O7/c19-10(9-24)16(27)22-7-1-3-12(22)15(26)21-11(5-6-14(20)25)17(28)23-8-2-4-13(23)18(29)30/h10-13,24H,1-9,19H2,(H2,20,25)(H,21,26)(H,29,30). The Labute approximate surface area is 173 Å². The Morgan fingerprint density at radius 3 is 2.10 bits per heavy atom. The molecule has 0 saturated carbocycles. The summed E-state index contributed by atoms with van der Waals surface area (Å²) in [6.07, 6.45) is 1.47. The molecule has 30 heavy (non-hydrogen) atoms. The lowest BCUT2D eigenvalue weighted by atomic mass is 10.1. The number of hydrogen-bond donors (Lipinski definition) is 5. The van der Waals surface area contributed by atoms with E-state index in [1.165, 1.54) is 9.80 Å². The first-order chi connectivity index (χ1) is 14.2. The number of amides is 4. The van der Waals surface area contributed by atoms with E-state index in [2.05, 4.69) is 5.32 Å². The summed E-state index contributed by atoms with van der Waals surface area (Å²) < 4.78 is 0. The Hall–Kier alpha value is -2.73. The van der Waals surface area contributed by atoms with Gasteiger partial charge >= 0.3 is 5.97 Å². The molecule has 0 radical (unpaired) electrons. The van der Waals surface area contributed by atoms with Crippen molar-refractivity contribution in [2.75, 3.05) is 19.7 Å². The van der Waals surface area contributed by atoms with Crippen LogP contribution >= 0.6 is 0 Å². The van der Waals surface area contributed by atoms with Crippen LogP contribution in [0.4, 0.5) is 0 Å². The van der Waals surface area contributed by atoms with Crippen molar-refractivity contribution in [3.63, 3.8) is 0 Å². The first kappa shape index (κ1) is 23.5. The van der Waals surface area contributed by atoms with Crippen LogP contribution in [0.15, 0.2) is 0 Å². The number of rotatable bonds is 9. The lowest BCUT2D eigenvalue weighted by molar-refractivity contribution is -0.150. The molecule has 0 bridgehead atoms. The van der Waals surface area contributed by atoms with Crippen molar-refractivity contribution in [1.29, 1.82) is 0 Å². The summed E-state index contributed by atoms with van der Waals surface area (Å²) >= 11 is 0. The van der Waals surface area contributed by atoms with Crippen LogP contribution in [-0.2, 0) is 24.0 Å². The molecule has 2 aliphatic heterocycles. The zero-order chi connectivity index (χ0) is 22.4. The fraction of sp³-hybridized carbons (Fsp3) is 0.722. The Morgan fingerprint density at radius 2 is 1.57 bits per heavy atom. The van der Waals surface area contributed by atoms with Crippen LogP contribution in [0.5, 0.6) is 0 Å². The number of aliphatic carboxylic acids is 1. The van der Waals surface area contributed by atoms with Crippen molar-refractivity contribution in [2.24, 2.45) is 11.5 Å². The number of carbonyl (C=O) groups is 5. The van der Waals surface area contributed by atoms with Gasteiger partial charge in [-0.1, -0.05) is 0 Å². The van der Waals surface area contributed by atoms with E-state index in [1.807, 2.05) is 0 Å². The number of carboxylic acids is 1.